The van der Waals surface area contributed by atoms with Gasteiger partial charge in [-0.25, -0.2) is 9.07 Å². The van der Waals surface area contributed by atoms with Gasteiger partial charge in [-0.2, -0.15) is 13.2 Å². The molecule has 0 saturated heterocycles. The second kappa shape index (κ2) is 8.72. The van der Waals surface area contributed by atoms with Gasteiger partial charge in [-0.05, 0) is 18.2 Å². The minimum atomic E-state index is -4.90. The highest BCUT2D eigenvalue weighted by molar-refractivity contribution is 5.93. The summed E-state index contributed by atoms with van der Waals surface area (Å²) in [6.07, 6.45) is -4.90. The van der Waals surface area contributed by atoms with Gasteiger partial charge in [-0.3, -0.25) is 4.79 Å². The Morgan fingerprint density at radius 2 is 2.04 bits per heavy atom. The van der Waals surface area contributed by atoms with Crippen LogP contribution in [0.15, 0.2) is 24.3 Å². The van der Waals surface area contributed by atoms with Gasteiger partial charge in [0.1, 0.15) is 5.82 Å². The van der Waals surface area contributed by atoms with Crippen molar-refractivity contribution in [3.63, 3.8) is 0 Å². The molecule has 0 aliphatic heterocycles. The Balaban J connectivity index is 2.17. The van der Waals surface area contributed by atoms with Gasteiger partial charge in [0.05, 0.1) is 12.3 Å². The number of rotatable bonds is 8. The summed E-state index contributed by atoms with van der Waals surface area (Å²) in [7, 11) is 1.53. The maximum absolute atomic E-state index is 13.4. The Morgan fingerprint density at radius 1 is 1.27 bits per heavy atom. The second-order valence-corrected chi connectivity index (χ2v) is 5.17. The molecule has 0 bridgehead atoms. The van der Waals surface area contributed by atoms with E-state index in [1.165, 1.54) is 19.2 Å². The lowest BCUT2D eigenvalue weighted by atomic mass is 10.2. The first-order valence-corrected chi connectivity index (χ1v) is 7.61. The molecule has 2 rings (SSSR count). The van der Waals surface area contributed by atoms with Crippen molar-refractivity contribution in [1.29, 1.82) is 0 Å². The maximum atomic E-state index is 13.4. The summed E-state index contributed by atoms with van der Waals surface area (Å²) in [5.74, 6) is -1.76. The molecular formula is C15H17F4N5O2. The smallest absolute Gasteiger partial charge is 0.383 e. The van der Waals surface area contributed by atoms with Gasteiger partial charge < -0.3 is 15.4 Å². The van der Waals surface area contributed by atoms with Crippen LogP contribution in [0.25, 0.3) is 5.69 Å². The third-order valence-electron chi connectivity index (χ3n) is 3.28. The number of hydrogen-bond donors (Lipinski definition) is 2. The van der Waals surface area contributed by atoms with E-state index < -0.39 is 29.3 Å². The number of carbonyl (C=O) groups excluding carboxylic acids is 1. The number of aromatic nitrogens is 3. The van der Waals surface area contributed by atoms with Crippen LogP contribution in [0.2, 0.25) is 0 Å². The van der Waals surface area contributed by atoms with Crippen molar-refractivity contribution in [2.45, 2.75) is 6.18 Å². The van der Waals surface area contributed by atoms with Crippen molar-refractivity contribution >= 4 is 5.91 Å². The number of benzene rings is 1. The van der Waals surface area contributed by atoms with E-state index in [9.17, 15) is 22.4 Å². The van der Waals surface area contributed by atoms with Gasteiger partial charge in [0.2, 0.25) is 0 Å². The molecule has 0 aliphatic carbocycles. The van der Waals surface area contributed by atoms with Crippen molar-refractivity contribution in [1.82, 2.24) is 25.6 Å². The van der Waals surface area contributed by atoms with Crippen molar-refractivity contribution in [2.75, 3.05) is 33.4 Å². The fourth-order valence-corrected chi connectivity index (χ4v) is 2.13. The Labute approximate surface area is 146 Å². The first-order chi connectivity index (χ1) is 12.3. The van der Waals surface area contributed by atoms with Gasteiger partial charge in [0.25, 0.3) is 5.91 Å². The number of amides is 1. The molecule has 11 heteroatoms. The highest BCUT2D eigenvalue weighted by Crippen LogP contribution is 2.32. The number of nitrogens with zero attached hydrogens (tertiary/aromatic N) is 3. The summed E-state index contributed by atoms with van der Waals surface area (Å²) >= 11 is 0. The standard InChI is InChI=1S/C15H17F4N5O2/c1-26-8-7-20-5-6-21-14(25)12-13(15(17,18)19)24(23-22-12)11-4-2-3-10(16)9-11/h2-4,9,20H,5-8H2,1H3,(H,21,25). The van der Waals surface area contributed by atoms with Crippen LogP contribution >= 0.6 is 0 Å². The molecule has 2 N–H and O–H groups in total. The average molecular weight is 375 g/mol. The van der Waals surface area contributed by atoms with Crippen LogP contribution in [0.5, 0.6) is 0 Å². The van der Waals surface area contributed by atoms with Crippen LogP contribution in [0.4, 0.5) is 17.6 Å². The molecule has 0 aliphatic rings. The Hall–Kier alpha value is -2.53. The second-order valence-electron chi connectivity index (χ2n) is 5.17. The van der Waals surface area contributed by atoms with Gasteiger partial charge in [0.15, 0.2) is 11.4 Å². The van der Waals surface area contributed by atoms with E-state index in [0.717, 1.165) is 12.1 Å². The van der Waals surface area contributed by atoms with E-state index in [2.05, 4.69) is 20.9 Å². The molecule has 142 valence electrons. The molecule has 0 atom stereocenters. The van der Waals surface area contributed by atoms with Gasteiger partial charge in [0, 0.05) is 26.7 Å². The molecule has 1 heterocycles. The van der Waals surface area contributed by atoms with Crippen molar-refractivity contribution < 1.29 is 27.1 Å². The molecule has 0 unspecified atom stereocenters. The summed E-state index contributed by atoms with van der Waals surface area (Å²) in [6.45, 7) is 1.44. The van der Waals surface area contributed by atoms with Crippen molar-refractivity contribution in [2.24, 2.45) is 0 Å². The zero-order chi connectivity index (χ0) is 19.2. The summed E-state index contributed by atoms with van der Waals surface area (Å²) < 4.78 is 58.8. The lowest BCUT2D eigenvalue weighted by Crippen LogP contribution is -2.34. The first-order valence-electron chi connectivity index (χ1n) is 7.61. The molecule has 0 saturated carbocycles. The monoisotopic (exact) mass is 375 g/mol. The molecule has 7 nitrogen and oxygen atoms in total. The zero-order valence-electron chi connectivity index (χ0n) is 13.8. The molecule has 1 amide bonds. The largest absolute Gasteiger partial charge is 0.435 e. The molecular weight excluding hydrogens is 358 g/mol. The maximum Gasteiger partial charge on any atom is 0.435 e. The molecule has 0 spiro atoms. The minimum absolute atomic E-state index is 0.0900. The quantitative estimate of drug-likeness (QED) is 0.538. The highest BCUT2D eigenvalue weighted by Gasteiger charge is 2.42. The lowest BCUT2D eigenvalue weighted by Gasteiger charge is -2.11. The molecule has 1 aromatic carbocycles. The predicted molar refractivity (Wildman–Crippen MR) is 83.4 cm³/mol. The van der Waals surface area contributed by atoms with Crippen LogP contribution in [0.3, 0.4) is 0 Å². The molecule has 2 aromatic rings. The number of alkyl halides is 3. The minimum Gasteiger partial charge on any atom is -0.383 e. The normalized spacial score (nSPS) is 11.6. The van der Waals surface area contributed by atoms with Gasteiger partial charge in [-0.1, -0.05) is 11.3 Å². The van der Waals surface area contributed by atoms with Crippen LogP contribution in [-0.2, 0) is 10.9 Å². The zero-order valence-corrected chi connectivity index (χ0v) is 13.8. The molecule has 0 radical (unpaired) electrons. The fraction of sp³-hybridized carbons (Fsp3) is 0.400. The van der Waals surface area contributed by atoms with Crippen LogP contribution in [-0.4, -0.2) is 54.3 Å². The summed E-state index contributed by atoms with van der Waals surface area (Å²) in [6, 6.07) is 4.41. The number of methoxy groups -OCH3 is 1. The molecule has 26 heavy (non-hydrogen) atoms. The highest BCUT2D eigenvalue weighted by atomic mass is 19.4. The van der Waals surface area contributed by atoms with Gasteiger partial charge >= 0.3 is 6.18 Å². The summed E-state index contributed by atoms with van der Waals surface area (Å²) in [5.41, 5.74) is -2.43. The lowest BCUT2D eigenvalue weighted by molar-refractivity contribution is -0.143. The van der Waals surface area contributed by atoms with Crippen LogP contribution in [0.1, 0.15) is 16.2 Å². The SMILES string of the molecule is COCCNCCNC(=O)c1nnn(-c2cccc(F)c2)c1C(F)(F)F. The first kappa shape index (κ1) is 19.8. The van der Waals surface area contributed by atoms with E-state index >= 15 is 0 Å². The Kier molecular flexibility index (Phi) is 6.64. The number of nitrogens with one attached hydrogen (secondary N) is 2. The number of hydrogen-bond acceptors (Lipinski definition) is 5. The summed E-state index contributed by atoms with van der Waals surface area (Å²) in [5, 5.41) is 12.0. The predicted octanol–water partition coefficient (Wildman–Crippen LogP) is 1.39. The third kappa shape index (κ3) is 4.99. The Morgan fingerprint density at radius 3 is 2.69 bits per heavy atom. The van der Waals surface area contributed by atoms with Crippen molar-refractivity contribution in [3.05, 3.63) is 41.5 Å². The number of ether oxygens (including phenoxy) is 1. The summed E-state index contributed by atoms with van der Waals surface area (Å²) in [4.78, 5) is 12.1. The number of halogens is 4. The average Bonchev–Trinajstić information content (AvgIpc) is 3.03. The topological polar surface area (TPSA) is 81.1 Å². The van der Waals surface area contributed by atoms with Crippen LogP contribution < -0.4 is 10.6 Å². The van der Waals surface area contributed by atoms with E-state index in [-0.39, 0.29) is 12.2 Å². The molecule has 0 fully saturated rings. The third-order valence-corrected chi connectivity index (χ3v) is 3.28. The van der Waals surface area contributed by atoms with Crippen molar-refractivity contribution in [3.8, 4) is 5.69 Å². The fourth-order valence-electron chi connectivity index (χ4n) is 2.13. The number of carbonyl (C=O) groups is 1. The van der Waals surface area contributed by atoms with E-state index in [0.29, 0.717) is 24.4 Å². The van der Waals surface area contributed by atoms with E-state index in [4.69, 9.17) is 4.74 Å². The van der Waals surface area contributed by atoms with Gasteiger partial charge in [-0.15, -0.1) is 5.10 Å². The molecule has 1 aromatic heterocycles. The van der Waals surface area contributed by atoms with E-state index in [1.807, 2.05) is 0 Å². The Bertz CT molecular complexity index is 748. The van der Waals surface area contributed by atoms with Crippen LogP contribution in [0, 0.1) is 5.82 Å². The van der Waals surface area contributed by atoms with E-state index in [1.54, 1.807) is 0 Å².